The number of benzene rings is 1. The van der Waals surface area contributed by atoms with Gasteiger partial charge in [-0.15, -0.1) is 11.3 Å². The maximum Gasteiger partial charge on any atom is 0.226 e. The van der Waals surface area contributed by atoms with Crippen LogP contribution in [0.1, 0.15) is 16.3 Å². The molecule has 0 saturated heterocycles. The van der Waals surface area contributed by atoms with E-state index in [0.29, 0.717) is 23.6 Å². The molecule has 2 aromatic heterocycles. The first-order valence-electron chi connectivity index (χ1n) is 7.67. The van der Waals surface area contributed by atoms with Gasteiger partial charge in [0, 0.05) is 23.7 Å². The van der Waals surface area contributed by atoms with Gasteiger partial charge >= 0.3 is 0 Å². The maximum absolute atomic E-state index is 13.5. The van der Waals surface area contributed by atoms with Crippen molar-refractivity contribution in [3.63, 3.8) is 0 Å². The molecular formula is C18H16FN3O2S. The summed E-state index contributed by atoms with van der Waals surface area (Å²) in [4.78, 5) is 20.3. The lowest BCUT2D eigenvalue weighted by atomic mass is 10.2. The van der Waals surface area contributed by atoms with E-state index in [1.165, 1.54) is 17.4 Å². The highest BCUT2D eigenvalue weighted by Crippen LogP contribution is 2.14. The molecule has 3 aromatic rings. The molecule has 1 amide bonds. The molecule has 0 aliphatic heterocycles. The lowest BCUT2D eigenvalue weighted by Crippen LogP contribution is -2.25. The summed E-state index contributed by atoms with van der Waals surface area (Å²) in [6.45, 7) is 0.486. The van der Waals surface area contributed by atoms with Gasteiger partial charge in [0.2, 0.25) is 5.91 Å². The van der Waals surface area contributed by atoms with Gasteiger partial charge < -0.3 is 10.1 Å². The van der Waals surface area contributed by atoms with Crippen LogP contribution in [0.15, 0.2) is 54.2 Å². The Morgan fingerprint density at radius 3 is 2.92 bits per heavy atom. The van der Waals surface area contributed by atoms with Gasteiger partial charge in [0.05, 0.1) is 18.3 Å². The van der Waals surface area contributed by atoms with E-state index in [-0.39, 0.29) is 24.7 Å². The minimum absolute atomic E-state index is 0.151. The first-order valence-corrected chi connectivity index (χ1v) is 8.55. The first kappa shape index (κ1) is 17.0. The van der Waals surface area contributed by atoms with E-state index in [1.54, 1.807) is 36.7 Å². The molecule has 0 unspecified atom stereocenters. The average Bonchev–Trinajstić information content (AvgIpc) is 3.07. The van der Waals surface area contributed by atoms with Crippen LogP contribution in [0.2, 0.25) is 0 Å². The zero-order valence-electron chi connectivity index (χ0n) is 13.3. The summed E-state index contributed by atoms with van der Waals surface area (Å²) in [6, 6.07) is 9.98. The molecule has 0 bridgehead atoms. The van der Waals surface area contributed by atoms with Gasteiger partial charge in [-0.1, -0.05) is 18.2 Å². The standard InChI is InChI=1S/C18H16FN3O2S/c19-16-6-2-1-4-13(16)9-21-17(23)8-14-12-25-18(22-14)11-24-15-5-3-7-20-10-15/h1-7,10,12H,8-9,11H2,(H,21,23). The lowest BCUT2D eigenvalue weighted by Gasteiger charge is -2.05. The van der Waals surface area contributed by atoms with E-state index >= 15 is 0 Å². The molecule has 2 heterocycles. The number of hydrogen-bond donors (Lipinski definition) is 1. The van der Waals surface area contributed by atoms with Crippen molar-refractivity contribution in [2.75, 3.05) is 0 Å². The minimum Gasteiger partial charge on any atom is -0.485 e. The van der Waals surface area contributed by atoms with Crippen molar-refractivity contribution in [2.24, 2.45) is 0 Å². The van der Waals surface area contributed by atoms with Gasteiger partial charge in [0.15, 0.2) is 0 Å². The molecule has 0 atom stereocenters. The molecule has 1 N–H and O–H groups in total. The van der Waals surface area contributed by atoms with Crippen LogP contribution < -0.4 is 10.1 Å². The molecule has 0 saturated carbocycles. The molecule has 0 aliphatic rings. The molecular weight excluding hydrogens is 341 g/mol. The van der Waals surface area contributed by atoms with Crippen molar-refractivity contribution in [3.05, 3.63) is 76.3 Å². The van der Waals surface area contributed by atoms with E-state index < -0.39 is 0 Å². The number of rotatable bonds is 7. The lowest BCUT2D eigenvalue weighted by molar-refractivity contribution is -0.120. The Morgan fingerprint density at radius 1 is 1.24 bits per heavy atom. The number of pyridine rings is 1. The normalized spacial score (nSPS) is 10.4. The smallest absolute Gasteiger partial charge is 0.226 e. The molecule has 0 fully saturated rings. The second kappa shape index (κ2) is 8.34. The van der Waals surface area contributed by atoms with Gasteiger partial charge in [-0.05, 0) is 18.2 Å². The summed E-state index contributed by atoms with van der Waals surface area (Å²) in [5, 5.41) is 5.30. The Hall–Kier alpha value is -2.80. The Bertz CT molecular complexity index is 839. The number of halogens is 1. The van der Waals surface area contributed by atoms with E-state index in [2.05, 4.69) is 15.3 Å². The third-order valence-corrected chi connectivity index (χ3v) is 4.24. The van der Waals surface area contributed by atoms with E-state index in [1.807, 2.05) is 11.4 Å². The number of hydrogen-bond acceptors (Lipinski definition) is 5. The van der Waals surface area contributed by atoms with E-state index in [0.717, 1.165) is 5.01 Å². The number of nitrogens with one attached hydrogen (secondary N) is 1. The van der Waals surface area contributed by atoms with Gasteiger partial charge in [0.25, 0.3) is 0 Å². The van der Waals surface area contributed by atoms with Crippen LogP contribution in [-0.4, -0.2) is 15.9 Å². The number of ether oxygens (including phenoxy) is 1. The molecule has 128 valence electrons. The van der Waals surface area contributed by atoms with Crippen LogP contribution in [-0.2, 0) is 24.4 Å². The third kappa shape index (κ3) is 5.09. The summed E-state index contributed by atoms with van der Waals surface area (Å²) < 4.78 is 19.1. The Balaban J connectivity index is 1.47. The number of nitrogens with zero attached hydrogens (tertiary/aromatic N) is 2. The largest absolute Gasteiger partial charge is 0.485 e. The second-order valence-corrected chi connectivity index (χ2v) is 6.20. The first-order chi connectivity index (χ1) is 12.2. The summed E-state index contributed by atoms with van der Waals surface area (Å²) in [7, 11) is 0. The number of carbonyl (C=O) groups is 1. The molecule has 25 heavy (non-hydrogen) atoms. The SMILES string of the molecule is O=C(Cc1csc(COc2cccnc2)n1)NCc1ccccc1F. The van der Waals surface area contributed by atoms with E-state index in [4.69, 9.17) is 4.74 Å². The van der Waals surface area contributed by atoms with Crippen molar-refractivity contribution in [2.45, 2.75) is 19.6 Å². The molecule has 0 aliphatic carbocycles. The van der Waals surface area contributed by atoms with Crippen LogP contribution in [0.3, 0.4) is 0 Å². The van der Waals surface area contributed by atoms with Crippen LogP contribution >= 0.6 is 11.3 Å². The van der Waals surface area contributed by atoms with Crippen LogP contribution in [0, 0.1) is 5.82 Å². The van der Waals surface area contributed by atoms with E-state index in [9.17, 15) is 9.18 Å². The summed E-state index contributed by atoms with van der Waals surface area (Å²) in [5.41, 5.74) is 1.13. The highest BCUT2D eigenvalue weighted by Gasteiger charge is 2.09. The molecule has 1 aromatic carbocycles. The Labute approximate surface area is 148 Å². The monoisotopic (exact) mass is 357 g/mol. The summed E-state index contributed by atoms with van der Waals surface area (Å²) >= 11 is 1.43. The number of thiazole rings is 1. The van der Waals surface area contributed by atoms with Crippen LogP contribution in [0.25, 0.3) is 0 Å². The topological polar surface area (TPSA) is 64.1 Å². The van der Waals surface area contributed by atoms with Crippen LogP contribution in [0.4, 0.5) is 4.39 Å². The minimum atomic E-state index is -0.328. The fourth-order valence-electron chi connectivity index (χ4n) is 2.14. The van der Waals surface area contributed by atoms with Crippen molar-refractivity contribution in [3.8, 4) is 5.75 Å². The number of carbonyl (C=O) groups excluding carboxylic acids is 1. The summed E-state index contributed by atoms with van der Waals surface area (Å²) in [5.74, 6) is 0.140. The van der Waals surface area contributed by atoms with Gasteiger partial charge in [-0.25, -0.2) is 9.37 Å². The van der Waals surface area contributed by atoms with Crippen molar-refractivity contribution < 1.29 is 13.9 Å². The highest BCUT2D eigenvalue weighted by atomic mass is 32.1. The van der Waals surface area contributed by atoms with Gasteiger partial charge in [0.1, 0.15) is 23.2 Å². The predicted molar refractivity (Wildman–Crippen MR) is 92.6 cm³/mol. The second-order valence-electron chi connectivity index (χ2n) is 5.25. The van der Waals surface area contributed by atoms with Crippen molar-refractivity contribution in [1.82, 2.24) is 15.3 Å². The van der Waals surface area contributed by atoms with Crippen molar-refractivity contribution >= 4 is 17.2 Å². The van der Waals surface area contributed by atoms with Crippen LogP contribution in [0.5, 0.6) is 5.75 Å². The van der Waals surface area contributed by atoms with Gasteiger partial charge in [-0.3, -0.25) is 9.78 Å². The number of aromatic nitrogens is 2. The third-order valence-electron chi connectivity index (χ3n) is 3.37. The fourth-order valence-corrected chi connectivity index (χ4v) is 2.84. The Kier molecular flexibility index (Phi) is 5.69. The molecule has 0 radical (unpaired) electrons. The molecule has 3 rings (SSSR count). The highest BCUT2D eigenvalue weighted by molar-refractivity contribution is 7.09. The predicted octanol–water partition coefficient (Wildman–Crippen LogP) is 3.12. The zero-order valence-corrected chi connectivity index (χ0v) is 14.1. The fraction of sp³-hybridized carbons (Fsp3) is 0.167. The molecule has 7 heteroatoms. The number of amides is 1. The average molecular weight is 357 g/mol. The van der Waals surface area contributed by atoms with Gasteiger partial charge in [-0.2, -0.15) is 0 Å². The Morgan fingerprint density at radius 2 is 2.12 bits per heavy atom. The van der Waals surface area contributed by atoms with Crippen molar-refractivity contribution in [1.29, 1.82) is 0 Å². The zero-order chi connectivity index (χ0) is 17.5. The quantitative estimate of drug-likeness (QED) is 0.706. The maximum atomic E-state index is 13.5. The molecule has 0 spiro atoms. The summed E-state index contributed by atoms with van der Waals surface area (Å²) in [6.07, 6.45) is 3.46. The molecule has 5 nitrogen and oxygen atoms in total.